The van der Waals surface area contributed by atoms with Gasteiger partial charge in [0.2, 0.25) is 5.78 Å². The van der Waals surface area contributed by atoms with Gasteiger partial charge in [-0.1, -0.05) is 48.0 Å². The molecule has 6 nitrogen and oxygen atoms in total. The number of ketones is 1. The number of aromatic amines is 1. The molecule has 1 aromatic heterocycles. The molecule has 3 aromatic rings. The van der Waals surface area contributed by atoms with Gasteiger partial charge in [-0.3, -0.25) is 15.0 Å². The van der Waals surface area contributed by atoms with Crippen LogP contribution in [0.5, 0.6) is 0 Å². The first kappa shape index (κ1) is 13.7. The molecule has 1 heterocycles. The first-order valence-corrected chi connectivity index (χ1v) is 7.18. The Hall–Kier alpha value is -2.99. The normalized spacial score (nSPS) is 14.7. The average molecular weight is 325 g/mol. The Kier molecular flexibility index (Phi) is 2.99. The Bertz CT molecular complexity index is 1050. The van der Waals surface area contributed by atoms with E-state index in [1.165, 1.54) is 6.20 Å². The van der Waals surface area contributed by atoms with Gasteiger partial charge in [-0.25, -0.2) is 5.10 Å². The molecular weight excluding hydrogens is 316 g/mol. The highest BCUT2D eigenvalue weighted by Gasteiger charge is 2.28. The molecule has 4 rings (SSSR count). The molecule has 0 atom stereocenters. The van der Waals surface area contributed by atoms with Crippen LogP contribution in [0, 0.1) is 0 Å². The number of hydrogen-bond acceptors (Lipinski definition) is 5. The van der Waals surface area contributed by atoms with Crippen molar-refractivity contribution in [2.45, 2.75) is 0 Å². The van der Waals surface area contributed by atoms with Crippen molar-refractivity contribution >= 4 is 39.6 Å². The smallest absolute Gasteiger partial charge is 0.285 e. The van der Waals surface area contributed by atoms with E-state index in [-0.39, 0.29) is 22.2 Å². The molecule has 0 amide bonds. The third kappa shape index (κ3) is 2.03. The molecule has 0 aliphatic heterocycles. The van der Waals surface area contributed by atoms with Gasteiger partial charge in [0.15, 0.2) is 0 Å². The highest BCUT2D eigenvalue weighted by atomic mass is 35.5. The number of nitrogens with zero attached hydrogens (tertiary/aromatic N) is 2. The fraction of sp³-hybridized carbons (Fsp3) is 0. The van der Waals surface area contributed by atoms with E-state index in [0.29, 0.717) is 5.56 Å². The van der Waals surface area contributed by atoms with Gasteiger partial charge in [0, 0.05) is 16.5 Å². The second-order valence-corrected chi connectivity index (χ2v) is 5.42. The van der Waals surface area contributed by atoms with E-state index in [4.69, 9.17) is 11.6 Å². The summed E-state index contributed by atoms with van der Waals surface area (Å²) < 4.78 is 0. The molecule has 23 heavy (non-hydrogen) atoms. The van der Waals surface area contributed by atoms with E-state index < -0.39 is 5.56 Å². The number of anilines is 1. The monoisotopic (exact) mass is 324 g/mol. The third-order valence-electron chi connectivity index (χ3n) is 3.70. The highest BCUT2D eigenvalue weighted by molar-refractivity contribution is 6.59. The largest absolute Gasteiger partial charge is 0.287 e. The van der Waals surface area contributed by atoms with Gasteiger partial charge in [-0.2, -0.15) is 10.2 Å². The summed E-state index contributed by atoms with van der Waals surface area (Å²) >= 11 is 5.88. The van der Waals surface area contributed by atoms with Crippen LogP contribution in [0.25, 0.3) is 10.8 Å². The number of benzene rings is 2. The summed E-state index contributed by atoms with van der Waals surface area (Å²) in [5.74, 6) is -0.168. The molecule has 1 aliphatic carbocycles. The first-order valence-electron chi connectivity index (χ1n) is 6.80. The molecular formula is C16H9ClN4O2. The number of hydrogen-bond donors (Lipinski definition) is 2. The first-order chi connectivity index (χ1) is 11.2. The summed E-state index contributed by atoms with van der Waals surface area (Å²) in [6, 6.07) is 11.2. The second kappa shape index (κ2) is 5.03. The van der Waals surface area contributed by atoms with Crippen LogP contribution in [0.4, 0.5) is 5.69 Å². The zero-order chi connectivity index (χ0) is 16.0. The topological polar surface area (TPSA) is 87.2 Å². The average Bonchev–Trinajstić information content (AvgIpc) is 2.84. The van der Waals surface area contributed by atoms with Crippen LogP contribution >= 0.6 is 11.6 Å². The van der Waals surface area contributed by atoms with Crippen molar-refractivity contribution in [2.75, 3.05) is 5.43 Å². The Labute approximate surface area is 134 Å². The molecule has 1 aliphatic rings. The van der Waals surface area contributed by atoms with E-state index in [1.807, 2.05) is 30.3 Å². The van der Waals surface area contributed by atoms with Gasteiger partial charge < -0.3 is 0 Å². The number of nitrogens with one attached hydrogen (secondary N) is 2. The van der Waals surface area contributed by atoms with E-state index >= 15 is 0 Å². The number of carbonyl (C=O) groups excluding carboxylic acids is 1. The summed E-state index contributed by atoms with van der Waals surface area (Å²) in [6.45, 7) is 0. The Morgan fingerprint density at radius 2 is 1.83 bits per heavy atom. The molecule has 2 N–H and O–H groups in total. The van der Waals surface area contributed by atoms with Gasteiger partial charge >= 0.3 is 0 Å². The summed E-state index contributed by atoms with van der Waals surface area (Å²) in [4.78, 5) is 24.0. The van der Waals surface area contributed by atoms with Crippen molar-refractivity contribution < 1.29 is 4.79 Å². The summed E-state index contributed by atoms with van der Waals surface area (Å²) in [6.07, 6.45) is 1.33. The Morgan fingerprint density at radius 1 is 1.09 bits per heavy atom. The maximum atomic E-state index is 12.6. The SMILES string of the molecule is O=C1/C(=N\Nc2cn[nH]c(=O)c2Cl)c2cccc3cccc1c23. The number of halogens is 1. The second-order valence-electron chi connectivity index (χ2n) is 5.04. The van der Waals surface area contributed by atoms with E-state index in [0.717, 1.165) is 16.3 Å². The zero-order valence-electron chi connectivity index (χ0n) is 11.6. The lowest BCUT2D eigenvalue weighted by Gasteiger charge is -2.03. The molecule has 0 radical (unpaired) electrons. The van der Waals surface area contributed by atoms with Crippen molar-refractivity contribution in [1.82, 2.24) is 10.2 Å². The van der Waals surface area contributed by atoms with Gasteiger partial charge in [0.25, 0.3) is 5.56 Å². The zero-order valence-corrected chi connectivity index (χ0v) is 12.4. The lowest BCUT2D eigenvalue weighted by Crippen LogP contribution is -2.13. The summed E-state index contributed by atoms with van der Waals surface area (Å²) in [7, 11) is 0. The van der Waals surface area contributed by atoms with Crippen LogP contribution in [0.3, 0.4) is 0 Å². The molecule has 0 saturated carbocycles. The summed E-state index contributed by atoms with van der Waals surface area (Å²) in [5, 5.41) is 11.8. The molecule has 0 fully saturated rings. The predicted molar refractivity (Wildman–Crippen MR) is 88.3 cm³/mol. The van der Waals surface area contributed by atoms with Crippen molar-refractivity contribution in [3.8, 4) is 0 Å². The Balaban J connectivity index is 1.82. The molecule has 0 bridgehead atoms. The van der Waals surface area contributed by atoms with Crippen LogP contribution in [0.2, 0.25) is 5.02 Å². The molecule has 7 heteroatoms. The van der Waals surface area contributed by atoms with Gasteiger partial charge in [0.1, 0.15) is 16.4 Å². The van der Waals surface area contributed by atoms with Crippen molar-refractivity contribution in [3.05, 3.63) is 69.1 Å². The van der Waals surface area contributed by atoms with Crippen LogP contribution in [0.15, 0.2) is 52.5 Å². The predicted octanol–water partition coefficient (Wildman–Crippen LogP) is 2.59. The van der Waals surface area contributed by atoms with Crippen molar-refractivity contribution in [1.29, 1.82) is 0 Å². The maximum absolute atomic E-state index is 12.6. The lowest BCUT2D eigenvalue weighted by molar-refractivity contribution is 0.107. The fourth-order valence-electron chi connectivity index (χ4n) is 2.67. The number of rotatable bonds is 2. The standard InChI is InChI=1S/C16H9ClN4O2/c17-13-11(7-18-21-16(13)23)19-20-14-9-5-1-3-8-4-2-6-10(12(8)9)15(14)22/h1-7H,(H2,19,21,23)/b20-14-. The molecule has 0 unspecified atom stereocenters. The van der Waals surface area contributed by atoms with E-state index in [9.17, 15) is 9.59 Å². The van der Waals surface area contributed by atoms with E-state index in [1.54, 1.807) is 6.07 Å². The third-order valence-corrected chi connectivity index (χ3v) is 4.08. The minimum atomic E-state index is -0.528. The molecule has 0 saturated heterocycles. The fourth-order valence-corrected chi connectivity index (χ4v) is 2.80. The van der Waals surface area contributed by atoms with Gasteiger partial charge in [-0.15, -0.1) is 0 Å². The number of carbonyl (C=O) groups is 1. The summed E-state index contributed by atoms with van der Waals surface area (Å²) in [5.41, 5.74) is 4.02. The number of Topliss-reactive ketones (excluding diaryl/α,β-unsaturated/α-hetero) is 1. The van der Waals surface area contributed by atoms with Crippen LogP contribution in [0.1, 0.15) is 15.9 Å². The van der Waals surface area contributed by atoms with Crippen molar-refractivity contribution in [2.24, 2.45) is 5.10 Å². The number of H-pyrrole nitrogens is 1. The van der Waals surface area contributed by atoms with E-state index in [2.05, 4.69) is 20.7 Å². The number of hydrazone groups is 1. The molecule has 0 spiro atoms. The molecule has 2 aromatic carbocycles. The maximum Gasteiger partial charge on any atom is 0.285 e. The van der Waals surface area contributed by atoms with Gasteiger partial charge in [0.05, 0.1) is 6.20 Å². The quantitative estimate of drug-likeness (QED) is 0.709. The Morgan fingerprint density at radius 3 is 2.61 bits per heavy atom. The van der Waals surface area contributed by atoms with Crippen LogP contribution in [-0.2, 0) is 0 Å². The van der Waals surface area contributed by atoms with Crippen molar-refractivity contribution in [3.63, 3.8) is 0 Å². The lowest BCUT2D eigenvalue weighted by atomic mass is 10.1. The molecule has 112 valence electrons. The van der Waals surface area contributed by atoms with Gasteiger partial charge in [-0.05, 0) is 5.39 Å². The minimum Gasteiger partial charge on any atom is -0.287 e. The minimum absolute atomic E-state index is 0.0643. The highest BCUT2D eigenvalue weighted by Crippen LogP contribution is 2.31. The van der Waals surface area contributed by atoms with Crippen LogP contribution in [-0.4, -0.2) is 21.7 Å². The van der Waals surface area contributed by atoms with Crippen LogP contribution < -0.4 is 11.0 Å². The number of aromatic nitrogens is 2.